The predicted molar refractivity (Wildman–Crippen MR) is 158 cm³/mol. The quantitative estimate of drug-likeness (QED) is 0.214. The highest BCUT2D eigenvalue weighted by Gasteiger charge is 2.23. The van der Waals surface area contributed by atoms with Crippen molar-refractivity contribution in [1.29, 1.82) is 0 Å². The molecular formula is C29H45N3O2S2. The number of amides is 1. The maximum Gasteiger partial charge on any atom is 0.410 e. The summed E-state index contributed by atoms with van der Waals surface area (Å²) in [5, 5.41) is 0.257. The van der Waals surface area contributed by atoms with E-state index in [0.29, 0.717) is 13.1 Å². The first-order valence-electron chi connectivity index (χ1n) is 12.9. The average molecular weight is 532 g/mol. The van der Waals surface area contributed by atoms with Crippen LogP contribution in [0.5, 0.6) is 0 Å². The summed E-state index contributed by atoms with van der Waals surface area (Å²) in [5.41, 5.74) is 2.01. The maximum absolute atomic E-state index is 13.0. The van der Waals surface area contributed by atoms with Gasteiger partial charge in [0, 0.05) is 39.3 Å². The fourth-order valence-electron chi connectivity index (χ4n) is 3.98. The van der Waals surface area contributed by atoms with E-state index in [0.717, 1.165) is 39.0 Å². The third kappa shape index (κ3) is 12.0. The normalized spacial score (nSPS) is 13.6. The molecule has 2 atom stereocenters. The number of hydrogen-bond acceptors (Lipinski definition) is 6. The van der Waals surface area contributed by atoms with Gasteiger partial charge in [-0.1, -0.05) is 60.7 Å². The molecule has 0 saturated carbocycles. The van der Waals surface area contributed by atoms with Crippen LogP contribution in [0.4, 0.5) is 4.79 Å². The molecule has 0 saturated heterocycles. The van der Waals surface area contributed by atoms with E-state index in [1.807, 2.05) is 37.8 Å². The van der Waals surface area contributed by atoms with Gasteiger partial charge < -0.3 is 9.64 Å². The van der Waals surface area contributed by atoms with Gasteiger partial charge in [0.1, 0.15) is 5.60 Å². The van der Waals surface area contributed by atoms with E-state index < -0.39 is 5.60 Å². The van der Waals surface area contributed by atoms with Gasteiger partial charge in [-0.3, -0.25) is 9.80 Å². The lowest BCUT2D eigenvalue weighted by atomic mass is 10.2. The van der Waals surface area contributed by atoms with Crippen LogP contribution < -0.4 is 0 Å². The van der Waals surface area contributed by atoms with Gasteiger partial charge in [0.05, 0.1) is 10.7 Å². The van der Waals surface area contributed by atoms with E-state index in [1.54, 1.807) is 0 Å². The van der Waals surface area contributed by atoms with E-state index in [4.69, 9.17) is 30.0 Å². The Hall–Kier alpha value is -1.67. The third-order valence-electron chi connectivity index (χ3n) is 5.91. The molecule has 0 bridgehead atoms. The zero-order valence-corrected chi connectivity index (χ0v) is 24.4. The van der Waals surface area contributed by atoms with Crippen molar-refractivity contribution in [2.75, 3.05) is 26.2 Å². The van der Waals surface area contributed by atoms with Crippen molar-refractivity contribution in [1.82, 2.24) is 14.7 Å². The Balaban J connectivity index is 1.95. The largest absolute Gasteiger partial charge is 0.444 e. The molecule has 7 heteroatoms. The minimum Gasteiger partial charge on any atom is -0.444 e. The first-order chi connectivity index (χ1) is 17.0. The second-order valence-electron chi connectivity index (χ2n) is 10.4. The highest BCUT2D eigenvalue weighted by molar-refractivity contribution is 7.81. The van der Waals surface area contributed by atoms with Crippen molar-refractivity contribution in [3.05, 3.63) is 71.8 Å². The fraction of sp³-hybridized carbons (Fsp3) is 0.552. The molecule has 0 heterocycles. The summed E-state index contributed by atoms with van der Waals surface area (Å²) in [6.45, 7) is 14.6. The van der Waals surface area contributed by atoms with Crippen molar-refractivity contribution in [3.8, 4) is 0 Å². The van der Waals surface area contributed by atoms with Crippen LogP contribution in [0.15, 0.2) is 60.7 Å². The molecule has 200 valence electrons. The summed E-state index contributed by atoms with van der Waals surface area (Å²) in [4.78, 5) is 19.5. The SMILES string of the molecule is CC(S)N(CCCN(CCCN(Cc1ccccc1)C(C)S)C(=O)OC(C)(C)C)Cc1ccccc1. The smallest absolute Gasteiger partial charge is 0.410 e. The van der Waals surface area contributed by atoms with E-state index in [2.05, 4.69) is 72.2 Å². The summed E-state index contributed by atoms with van der Waals surface area (Å²) in [6.07, 6.45) is 1.46. The lowest BCUT2D eigenvalue weighted by Gasteiger charge is -2.31. The molecular weight excluding hydrogens is 486 g/mol. The van der Waals surface area contributed by atoms with Crippen LogP contribution in [0.3, 0.4) is 0 Å². The lowest BCUT2D eigenvalue weighted by molar-refractivity contribution is 0.0234. The number of hydrogen-bond donors (Lipinski definition) is 2. The molecule has 0 spiro atoms. The molecule has 5 nitrogen and oxygen atoms in total. The number of carbonyl (C=O) groups is 1. The van der Waals surface area contributed by atoms with Gasteiger partial charge in [-0.25, -0.2) is 4.79 Å². The molecule has 2 aromatic carbocycles. The van der Waals surface area contributed by atoms with Gasteiger partial charge in [0.25, 0.3) is 0 Å². The van der Waals surface area contributed by atoms with Crippen LogP contribution >= 0.6 is 25.3 Å². The average Bonchev–Trinajstić information content (AvgIpc) is 2.81. The monoisotopic (exact) mass is 531 g/mol. The first kappa shape index (κ1) is 30.6. The standard InChI is InChI=1S/C29H45N3O2S2/c1-24(35)31(22-26-14-8-6-9-15-26)20-12-18-30(28(33)34-29(3,4)5)19-13-21-32(25(2)36)23-27-16-10-7-11-17-27/h6-11,14-17,24-25,35-36H,12-13,18-23H2,1-5H3. The van der Waals surface area contributed by atoms with Crippen molar-refractivity contribution in [3.63, 3.8) is 0 Å². The molecule has 0 aliphatic carbocycles. The van der Waals surface area contributed by atoms with E-state index >= 15 is 0 Å². The highest BCUT2D eigenvalue weighted by atomic mass is 32.1. The molecule has 2 rings (SSSR count). The number of carbonyl (C=O) groups excluding carboxylic acids is 1. The molecule has 0 N–H and O–H groups in total. The number of rotatable bonds is 14. The topological polar surface area (TPSA) is 36.0 Å². The zero-order chi connectivity index (χ0) is 26.6. The second-order valence-corrected chi connectivity index (χ2v) is 11.8. The third-order valence-corrected chi connectivity index (χ3v) is 6.57. The van der Waals surface area contributed by atoms with Crippen LogP contribution in [-0.2, 0) is 17.8 Å². The Morgan fingerprint density at radius 3 is 1.47 bits per heavy atom. The minimum atomic E-state index is -0.521. The van der Waals surface area contributed by atoms with Crippen molar-refractivity contribution in [2.24, 2.45) is 0 Å². The second kappa shape index (κ2) is 15.6. The maximum atomic E-state index is 13.0. The van der Waals surface area contributed by atoms with Gasteiger partial charge in [0.15, 0.2) is 0 Å². The first-order valence-corrected chi connectivity index (χ1v) is 14.0. The molecule has 2 unspecified atom stereocenters. The van der Waals surface area contributed by atoms with Crippen molar-refractivity contribution in [2.45, 2.75) is 76.9 Å². The fourth-order valence-corrected chi connectivity index (χ4v) is 4.38. The van der Waals surface area contributed by atoms with E-state index in [9.17, 15) is 4.79 Å². The van der Waals surface area contributed by atoms with Crippen LogP contribution in [0, 0.1) is 0 Å². The van der Waals surface area contributed by atoms with Crippen LogP contribution in [-0.4, -0.2) is 63.3 Å². The Morgan fingerprint density at radius 2 is 1.14 bits per heavy atom. The molecule has 36 heavy (non-hydrogen) atoms. The van der Waals surface area contributed by atoms with Gasteiger partial charge in [0.2, 0.25) is 0 Å². The van der Waals surface area contributed by atoms with E-state index in [1.165, 1.54) is 11.1 Å². The molecule has 2 aromatic rings. The summed E-state index contributed by atoms with van der Waals surface area (Å²) >= 11 is 9.38. The lowest BCUT2D eigenvalue weighted by Crippen LogP contribution is -2.40. The van der Waals surface area contributed by atoms with E-state index in [-0.39, 0.29) is 16.8 Å². The Kier molecular flexibility index (Phi) is 13.2. The van der Waals surface area contributed by atoms with Gasteiger partial charge in [-0.15, -0.1) is 0 Å². The summed E-state index contributed by atoms with van der Waals surface area (Å²) < 4.78 is 5.73. The Morgan fingerprint density at radius 1 is 0.750 bits per heavy atom. The number of benzene rings is 2. The number of thiol groups is 2. The molecule has 0 aliphatic rings. The molecule has 0 aromatic heterocycles. The molecule has 1 amide bonds. The number of ether oxygens (including phenoxy) is 1. The van der Waals surface area contributed by atoms with Gasteiger partial charge in [-0.05, 0) is 58.6 Å². The van der Waals surface area contributed by atoms with Gasteiger partial charge in [-0.2, -0.15) is 25.3 Å². The van der Waals surface area contributed by atoms with Gasteiger partial charge >= 0.3 is 6.09 Å². The van der Waals surface area contributed by atoms with Crippen LogP contribution in [0.2, 0.25) is 0 Å². The molecule has 0 fully saturated rings. The summed E-state index contributed by atoms with van der Waals surface area (Å²) in [6, 6.07) is 20.9. The zero-order valence-electron chi connectivity index (χ0n) is 22.6. The number of nitrogens with zero attached hydrogens (tertiary/aromatic N) is 3. The summed E-state index contributed by atoms with van der Waals surface area (Å²) in [7, 11) is 0. The molecule has 0 aliphatic heterocycles. The highest BCUT2D eigenvalue weighted by Crippen LogP contribution is 2.15. The summed E-state index contributed by atoms with van der Waals surface area (Å²) in [5.74, 6) is 0. The Bertz CT molecular complexity index is 814. The minimum absolute atomic E-state index is 0.128. The van der Waals surface area contributed by atoms with Crippen molar-refractivity contribution < 1.29 is 9.53 Å². The van der Waals surface area contributed by atoms with Crippen molar-refractivity contribution >= 4 is 31.4 Å². The van der Waals surface area contributed by atoms with Crippen LogP contribution in [0.1, 0.15) is 58.6 Å². The molecule has 0 radical (unpaired) electrons. The Labute approximate surface area is 230 Å². The van der Waals surface area contributed by atoms with Crippen LogP contribution in [0.25, 0.3) is 0 Å². The predicted octanol–water partition coefficient (Wildman–Crippen LogP) is 6.56.